The van der Waals surface area contributed by atoms with Crippen molar-refractivity contribution in [3.05, 3.63) is 54.6 Å². The molecule has 0 saturated heterocycles. The van der Waals surface area contributed by atoms with Gasteiger partial charge in [0.05, 0.1) is 4.90 Å². The van der Waals surface area contributed by atoms with Crippen molar-refractivity contribution < 1.29 is 8.76 Å². The van der Waals surface area contributed by atoms with Gasteiger partial charge in [0.25, 0.3) is 0 Å². The van der Waals surface area contributed by atoms with Crippen molar-refractivity contribution in [1.82, 2.24) is 0 Å². The Bertz CT molecular complexity index is 928. The zero-order chi connectivity index (χ0) is 13.0. The van der Waals surface area contributed by atoms with Crippen molar-refractivity contribution >= 4 is 43.4 Å². The zero-order valence-corrected chi connectivity index (χ0v) is 10.8. The fraction of sp³-hybridized carbons (Fsp3) is 0. The third-order valence-electron chi connectivity index (χ3n) is 3.68. The maximum Gasteiger partial charge on any atom is 0.187 e. The molecule has 2 nitrogen and oxygen atoms in total. The molecular weight excluding hydrogens is 256 g/mol. The van der Waals surface area contributed by atoms with Crippen LogP contribution in [0.2, 0.25) is 0 Å². The molecule has 0 fully saturated rings. The molecule has 1 N–H and O–H groups in total. The summed E-state index contributed by atoms with van der Waals surface area (Å²) in [6.07, 6.45) is 0. The van der Waals surface area contributed by atoms with E-state index in [0.717, 1.165) is 26.9 Å². The topological polar surface area (TPSA) is 37.3 Å². The van der Waals surface area contributed by atoms with E-state index in [1.54, 1.807) is 6.07 Å². The molecule has 4 aromatic rings. The lowest BCUT2D eigenvalue weighted by molar-refractivity contribution is 0.565. The Morgan fingerprint density at radius 2 is 1.32 bits per heavy atom. The number of hydrogen-bond acceptors (Lipinski definition) is 1. The first kappa shape index (κ1) is 10.9. The first-order valence-corrected chi connectivity index (χ1v) is 7.14. The summed E-state index contributed by atoms with van der Waals surface area (Å²) in [5.74, 6) is 0. The van der Waals surface area contributed by atoms with E-state index >= 15 is 0 Å². The fourth-order valence-corrected chi connectivity index (χ4v) is 3.40. The Hall–Kier alpha value is -1.97. The van der Waals surface area contributed by atoms with Gasteiger partial charge >= 0.3 is 0 Å². The van der Waals surface area contributed by atoms with Crippen molar-refractivity contribution in [2.24, 2.45) is 0 Å². The van der Waals surface area contributed by atoms with Crippen LogP contribution in [0.4, 0.5) is 0 Å². The predicted molar refractivity (Wildman–Crippen MR) is 79.2 cm³/mol. The molecule has 1 unspecified atom stereocenters. The Kier molecular flexibility index (Phi) is 2.16. The highest BCUT2D eigenvalue weighted by Crippen LogP contribution is 2.36. The van der Waals surface area contributed by atoms with Gasteiger partial charge in [0.15, 0.2) is 11.1 Å². The van der Waals surface area contributed by atoms with Gasteiger partial charge in [-0.3, -0.25) is 0 Å². The normalized spacial score (nSPS) is 13.5. The van der Waals surface area contributed by atoms with E-state index in [2.05, 4.69) is 24.3 Å². The zero-order valence-electron chi connectivity index (χ0n) is 9.96. The first-order chi connectivity index (χ1) is 9.25. The molecule has 3 heteroatoms. The van der Waals surface area contributed by atoms with E-state index in [1.807, 2.05) is 24.3 Å². The molecule has 4 aromatic carbocycles. The van der Waals surface area contributed by atoms with Gasteiger partial charge in [-0.05, 0) is 33.0 Å². The Morgan fingerprint density at radius 1 is 0.737 bits per heavy atom. The number of benzene rings is 4. The highest BCUT2D eigenvalue weighted by molar-refractivity contribution is 7.79. The van der Waals surface area contributed by atoms with Gasteiger partial charge in [-0.15, -0.1) is 0 Å². The summed E-state index contributed by atoms with van der Waals surface area (Å²) < 4.78 is 20.9. The second kappa shape index (κ2) is 3.76. The number of hydrogen-bond donors (Lipinski definition) is 1. The minimum absolute atomic E-state index is 0.478. The molecule has 92 valence electrons. The smallest absolute Gasteiger partial charge is 0.187 e. The highest BCUT2D eigenvalue weighted by Gasteiger charge is 2.12. The van der Waals surface area contributed by atoms with Crippen LogP contribution in [0.5, 0.6) is 0 Å². The maximum atomic E-state index is 11.5. The third-order valence-corrected chi connectivity index (χ3v) is 4.41. The van der Waals surface area contributed by atoms with E-state index in [-0.39, 0.29) is 0 Å². The minimum Gasteiger partial charge on any atom is -0.302 e. The van der Waals surface area contributed by atoms with E-state index < -0.39 is 11.1 Å². The summed E-state index contributed by atoms with van der Waals surface area (Å²) in [5, 5.41) is 6.55. The standard InChI is InChI=1S/C16H10O2S/c17-19(18)14-9-7-12-5-4-10-2-1-3-11-6-8-13(14)16(12)15(10)11/h1-9H,(H,17,18). The largest absolute Gasteiger partial charge is 0.302 e. The molecule has 19 heavy (non-hydrogen) atoms. The monoisotopic (exact) mass is 266 g/mol. The van der Waals surface area contributed by atoms with Gasteiger partial charge in [-0.2, -0.15) is 0 Å². The summed E-state index contributed by atoms with van der Waals surface area (Å²) in [7, 11) is 0. The molecule has 1 atom stereocenters. The van der Waals surface area contributed by atoms with E-state index in [4.69, 9.17) is 0 Å². The van der Waals surface area contributed by atoms with Crippen LogP contribution in [0.3, 0.4) is 0 Å². The molecule has 0 aliphatic carbocycles. The average Bonchev–Trinajstić information content (AvgIpc) is 2.44. The second-order valence-corrected chi connectivity index (χ2v) is 5.61. The molecule has 0 heterocycles. The van der Waals surface area contributed by atoms with Crippen LogP contribution in [0.25, 0.3) is 32.3 Å². The van der Waals surface area contributed by atoms with Gasteiger partial charge in [0, 0.05) is 5.39 Å². The lowest BCUT2D eigenvalue weighted by Crippen LogP contribution is -1.92. The Labute approximate surface area is 112 Å². The van der Waals surface area contributed by atoms with E-state index in [0.29, 0.717) is 4.90 Å². The van der Waals surface area contributed by atoms with Crippen LogP contribution in [-0.2, 0) is 11.1 Å². The van der Waals surface area contributed by atoms with Crippen molar-refractivity contribution in [3.8, 4) is 0 Å². The Balaban J connectivity index is 2.38. The molecule has 0 spiro atoms. The summed E-state index contributed by atoms with van der Waals surface area (Å²) in [6.45, 7) is 0. The van der Waals surface area contributed by atoms with Gasteiger partial charge in [-0.1, -0.05) is 48.5 Å². The second-order valence-electron chi connectivity index (χ2n) is 4.67. The van der Waals surface area contributed by atoms with E-state index in [1.165, 1.54) is 5.39 Å². The molecule has 0 saturated carbocycles. The summed E-state index contributed by atoms with van der Waals surface area (Å²) in [5.41, 5.74) is 0. The maximum absolute atomic E-state index is 11.5. The van der Waals surface area contributed by atoms with Crippen molar-refractivity contribution in [2.75, 3.05) is 0 Å². The quantitative estimate of drug-likeness (QED) is 0.415. The SMILES string of the molecule is O=S(O)c1ccc2ccc3cccc4ccc1c2c34. The van der Waals surface area contributed by atoms with Crippen LogP contribution in [0.15, 0.2) is 59.5 Å². The molecule has 4 rings (SSSR count). The molecular formula is C16H10O2S. The molecule has 0 amide bonds. The average molecular weight is 266 g/mol. The predicted octanol–water partition coefficient (Wildman–Crippen LogP) is 4.16. The molecule has 0 aromatic heterocycles. The van der Waals surface area contributed by atoms with Crippen LogP contribution >= 0.6 is 0 Å². The number of rotatable bonds is 1. The minimum atomic E-state index is -1.96. The van der Waals surface area contributed by atoms with Crippen molar-refractivity contribution in [2.45, 2.75) is 4.90 Å². The lowest BCUT2D eigenvalue weighted by Gasteiger charge is -2.12. The summed E-state index contributed by atoms with van der Waals surface area (Å²) in [4.78, 5) is 0.478. The fourth-order valence-electron chi connectivity index (χ4n) is 2.86. The van der Waals surface area contributed by atoms with Gasteiger partial charge in [0.1, 0.15) is 0 Å². The van der Waals surface area contributed by atoms with Gasteiger partial charge in [0.2, 0.25) is 0 Å². The van der Waals surface area contributed by atoms with Crippen LogP contribution in [0, 0.1) is 0 Å². The molecule has 0 aliphatic rings. The molecule has 0 radical (unpaired) electrons. The lowest BCUT2D eigenvalue weighted by atomic mass is 9.94. The van der Waals surface area contributed by atoms with E-state index in [9.17, 15) is 8.76 Å². The molecule has 0 bridgehead atoms. The van der Waals surface area contributed by atoms with Crippen molar-refractivity contribution in [3.63, 3.8) is 0 Å². The molecule has 0 aliphatic heterocycles. The van der Waals surface area contributed by atoms with Gasteiger partial charge in [-0.25, -0.2) is 4.21 Å². The first-order valence-electron chi connectivity index (χ1n) is 6.03. The Morgan fingerprint density at radius 3 is 2.00 bits per heavy atom. The highest BCUT2D eigenvalue weighted by atomic mass is 32.2. The third kappa shape index (κ3) is 1.43. The van der Waals surface area contributed by atoms with Crippen molar-refractivity contribution in [1.29, 1.82) is 0 Å². The summed E-state index contributed by atoms with van der Waals surface area (Å²) >= 11 is -1.96. The van der Waals surface area contributed by atoms with Gasteiger partial charge < -0.3 is 4.55 Å². The van der Waals surface area contributed by atoms with Crippen LogP contribution < -0.4 is 0 Å². The summed E-state index contributed by atoms with van der Waals surface area (Å²) in [6, 6.07) is 17.9. The van der Waals surface area contributed by atoms with Crippen LogP contribution in [-0.4, -0.2) is 8.76 Å². The van der Waals surface area contributed by atoms with Crippen LogP contribution in [0.1, 0.15) is 0 Å².